The number of hydrogen-bond donors (Lipinski definition) is 1. The predicted octanol–water partition coefficient (Wildman–Crippen LogP) is 3.03. The average Bonchev–Trinajstić information content (AvgIpc) is 2.01. The topological polar surface area (TPSA) is 35.2 Å². The minimum absolute atomic E-state index is 0. The van der Waals surface area contributed by atoms with Crippen LogP contribution in [0, 0.1) is 0 Å². The van der Waals surface area contributed by atoms with E-state index in [1.54, 1.807) is 13.0 Å². The number of para-hydroxylation sites is 1. The molecule has 0 radical (unpaired) electrons. The Labute approximate surface area is 91.6 Å². The van der Waals surface area contributed by atoms with Gasteiger partial charge in [-0.15, -0.1) is 25.6 Å². The molecule has 1 aromatic rings. The molecular weight excluding hydrogens is 231 g/mol. The number of hydrogen-bond acceptors (Lipinski definition) is 2. The molecule has 2 N–H and O–H groups in total. The Hall–Kier alpha value is -0.940. The molecule has 0 heterocycles. The van der Waals surface area contributed by atoms with Crippen LogP contribution in [0.4, 0.5) is 13.2 Å². The summed E-state index contributed by atoms with van der Waals surface area (Å²) >= 11 is 0. The van der Waals surface area contributed by atoms with Crippen molar-refractivity contribution in [2.24, 2.45) is 5.73 Å². The largest absolute Gasteiger partial charge is 0.573 e. The fourth-order valence-corrected chi connectivity index (χ4v) is 1.07. The molecule has 1 atom stereocenters. The fourth-order valence-electron chi connectivity index (χ4n) is 1.07. The second-order valence-electron chi connectivity index (χ2n) is 2.87. The quantitative estimate of drug-likeness (QED) is 0.864. The van der Waals surface area contributed by atoms with Gasteiger partial charge in [0.05, 0.1) is 0 Å². The lowest BCUT2D eigenvalue weighted by molar-refractivity contribution is -0.274. The summed E-state index contributed by atoms with van der Waals surface area (Å²) in [5.74, 6) is -0.241. The molecule has 15 heavy (non-hydrogen) atoms. The molecule has 1 rings (SSSR count). The van der Waals surface area contributed by atoms with Gasteiger partial charge in [-0.05, 0) is 13.0 Å². The molecule has 0 saturated carbocycles. The van der Waals surface area contributed by atoms with Gasteiger partial charge in [-0.25, -0.2) is 0 Å². The molecule has 0 aromatic heterocycles. The fraction of sp³-hybridized carbons (Fsp3) is 0.333. The van der Waals surface area contributed by atoms with E-state index in [1.165, 1.54) is 18.2 Å². The van der Waals surface area contributed by atoms with Crippen molar-refractivity contribution >= 4 is 12.4 Å². The molecule has 86 valence electrons. The molecule has 0 aliphatic rings. The third-order valence-corrected chi connectivity index (χ3v) is 1.64. The zero-order valence-corrected chi connectivity index (χ0v) is 8.73. The van der Waals surface area contributed by atoms with Gasteiger partial charge in [-0.1, -0.05) is 18.2 Å². The first-order valence-corrected chi connectivity index (χ1v) is 4.00. The SMILES string of the molecule is C[C@@H](N)c1ccccc1OC(F)(F)F.Cl. The van der Waals surface area contributed by atoms with Gasteiger partial charge >= 0.3 is 6.36 Å². The molecule has 1 aromatic carbocycles. The van der Waals surface area contributed by atoms with Gasteiger partial charge in [0.2, 0.25) is 0 Å². The highest BCUT2D eigenvalue weighted by Crippen LogP contribution is 2.28. The normalized spacial score (nSPS) is 12.9. The third kappa shape index (κ3) is 4.40. The standard InChI is InChI=1S/C9H10F3NO.ClH/c1-6(13)7-4-2-3-5-8(7)14-9(10,11)12;/h2-6H,13H2,1H3;1H/t6-;/m1./s1. The molecule has 0 amide bonds. The van der Waals surface area contributed by atoms with Gasteiger partial charge in [-0.3, -0.25) is 0 Å². The van der Waals surface area contributed by atoms with Gasteiger partial charge in [0.1, 0.15) is 5.75 Å². The number of nitrogens with two attached hydrogens (primary N) is 1. The lowest BCUT2D eigenvalue weighted by atomic mass is 10.1. The molecule has 0 aliphatic heterocycles. The summed E-state index contributed by atoms with van der Waals surface area (Å²) in [5.41, 5.74) is 5.82. The molecule has 0 fully saturated rings. The number of halogens is 4. The molecule has 6 heteroatoms. The van der Waals surface area contributed by atoms with E-state index in [0.717, 1.165) is 0 Å². The Balaban J connectivity index is 0.00000196. The summed E-state index contributed by atoms with van der Waals surface area (Å²) in [4.78, 5) is 0. The van der Waals surface area contributed by atoms with E-state index in [4.69, 9.17) is 5.73 Å². The van der Waals surface area contributed by atoms with E-state index < -0.39 is 12.4 Å². The lowest BCUT2D eigenvalue weighted by Gasteiger charge is -2.14. The van der Waals surface area contributed by atoms with Crippen molar-refractivity contribution in [3.63, 3.8) is 0 Å². The first kappa shape index (κ1) is 14.1. The molecule has 2 nitrogen and oxygen atoms in total. The summed E-state index contributed by atoms with van der Waals surface area (Å²) < 4.78 is 39.6. The maximum absolute atomic E-state index is 11.9. The van der Waals surface area contributed by atoms with E-state index >= 15 is 0 Å². The van der Waals surface area contributed by atoms with Gasteiger partial charge in [0, 0.05) is 11.6 Å². The summed E-state index contributed by atoms with van der Waals surface area (Å²) in [5, 5.41) is 0. The van der Waals surface area contributed by atoms with Gasteiger partial charge in [0.25, 0.3) is 0 Å². The summed E-state index contributed by atoms with van der Waals surface area (Å²) in [6.45, 7) is 1.60. The van der Waals surface area contributed by atoms with Crippen molar-refractivity contribution in [3.05, 3.63) is 29.8 Å². The minimum Gasteiger partial charge on any atom is -0.405 e. The van der Waals surface area contributed by atoms with Crippen LogP contribution in [-0.2, 0) is 0 Å². The number of ether oxygens (including phenoxy) is 1. The van der Waals surface area contributed by atoms with E-state index in [-0.39, 0.29) is 18.2 Å². The summed E-state index contributed by atoms with van der Waals surface area (Å²) in [6.07, 6.45) is -4.68. The van der Waals surface area contributed by atoms with Crippen LogP contribution in [0.15, 0.2) is 24.3 Å². The van der Waals surface area contributed by atoms with E-state index in [9.17, 15) is 13.2 Å². The van der Waals surface area contributed by atoms with Crippen LogP contribution in [0.25, 0.3) is 0 Å². The van der Waals surface area contributed by atoms with E-state index in [0.29, 0.717) is 5.56 Å². The third-order valence-electron chi connectivity index (χ3n) is 1.64. The van der Waals surface area contributed by atoms with E-state index in [2.05, 4.69) is 4.74 Å². The van der Waals surface area contributed by atoms with Crippen LogP contribution < -0.4 is 10.5 Å². The number of rotatable bonds is 2. The van der Waals surface area contributed by atoms with Crippen molar-refractivity contribution in [3.8, 4) is 5.75 Å². The zero-order valence-electron chi connectivity index (χ0n) is 7.91. The monoisotopic (exact) mass is 241 g/mol. The van der Waals surface area contributed by atoms with Crippen LogP contribution >= 0.6 is 12.4 Å². The maximum atomic E-state index is 11.9. The number of benzene rings is 1. The highest BCUT2D eigenvalue weighted by atomic mass is 35.5. The summed E-state index contributed by atoms with van der Waals surface area (Å²) in [7, 11) is 0. The first-order chi connectivity index (χ1) is 6.40. The minimum atomic E-state index is -4.68. The maximum Gasteiger partial charge on any atom is 0.573 e. The Bertz CT molecular complexity index is 314. The Morgan fingerprint density at radius 2 is 1.80 bits per heavy atom. The van der Waals surface area contributed by atoms with Crippen LogP contribution in [0.1, 0.15) is 18.5 Å². The van der Waals surface area contributed by atoms with Gasteiger partial charge in [-0.2, -0.15) is 0 Å². The van der Waals surface area contributed by atoms with Crippen molar-refractivity contribution in [1.29, 1.82) is 0 Å². The Morgan fingerprint density at radius 3 is 2.27 bits per heavy atom. The molecule has 0 aliphatic carbocycles. The van der Waals surface area contributed by atoms with Crippen LogP contribution in [0.5, 0.6) is 5.75 Å². The second kappa shape index (κ2) is 5.23. The Morgan fingerprint density at radius 1 is 1.27 bits per heavy atom. The smallest absolute Gasteiger partial charge is 0.405 e. The molecule has 0 spiro atoms. The summed E-state index contributed by atoms with van der Waals surface area (Å²) in [6, 6.07) is 5.33. The Kier molecular flexibility index (Phi) is 4.90. The lowest BCUT2D eigenvalue weighted by Crippen LogP contribution is -2.19. The molecule has 0 saturated heterocycles. The average molecular weight is 242 g/mol. The molecular formula is C9H11ClF3NO. The number of alkyl halides is 3. The van der Waals surface area contributed by atoms with Crippen molar-refractivity contribution in [1.82, 2.24) is 0 Å². The van der Waals surface area contributed by atoms with Crippen molar-refractivity contribution in [2.75, 3.05) is 0 Å². The van der Waals surface area contributed by atoms with Crippen molar-refractivity contribution < 1.29 is 17.9 Å². The van der Waals surface area contributed by atoms with Gasteiger partial charge in [0.15, 0.2) is 0 Å². The molecule has 0 bridgehead atoms. The molecule has 0 unspecified atom stereocenters. The van der Waals surface area contributed by atoms with Crippen LogP contribution in [0.3, 0.4) is 0 Å². The zero-order chi connectivity index (χ0) is 10.8. The first-order valence-electron chi connectivity index (χ1n) is 4.00. The van der Waals surface area contributed by atoms with Crippen LogP contribution in [0.2, 0.25) is 0 Å². The van der Waals surface area contributed by atoms with Crippen LogP contribution in [-0.4, -0.2) is 6.36 Å². The van der Waals surface area contributed by atoms with Gasteiger partial charge < -0.3 is 10.5 Å². The predicted molar refractivity (Wildman–Crippen MR) is 53.0 cm³/mol. The highest BCUT2D eigenvalue weighted by molar-refractivity contribution is 5.85. The highest BCUT2D eigenvalue weighted by Gasteiger charge is 2.32. The second-order valence-corrected chi connectivity index (χ2v) is 2.87. The van der Waals surface area contributed by atoms with Crippen molar-refractivity contribution in [2.45, 2.75) is 19.3 Å². The van der Waals surface area contributed by atoms with E-state index in [1.807, 2.05) is 0 Å².